The average Bonchev–Trinajstić information content (AvgIpc) is 3.09. The van der Waals surface area contributed by atoms with Gasteiger partial charge in [0.2, 0.25) is 0 Å². The summed E-state index contributed by atoms with van der Waals surface area (Å²) in [6.07, 6.45) is -4.40. The molecule has 0 spiro atoms. The van der Waals surface area contributed by atoms with Crippen molar-refractivity contribution in [2.24, 2.45) is 4.99 Å². The van der Waals surface area contributed by atoms with Crippen LogP contribution >= 0.6 is 11.8 Å². The van der Waals surface area contributed by atoms with Crippen molar-refractivity contribution in [3.63, 3.8) is 0 Å². The van der Waals surface area contributed by atoms with E-state index in [1.807, 2.05) is 0 Å². The van der Waals surface area contributed by atoms with Crippen LogP contribution in [0.3, 0.4) is 0 Å². The Kier molecular flexibility index (Phi) is 5.48. The lowest BCUT2D eigenvalue weighted by Gasteiger charge is -2.20. The smallest absolute Gasteiger partial charge is 0.260 e. The van der Waals surface area contributed by atoms with Crippen molar-refractivity contribution >= 4 is 27.0 Å². The van der Waals surface area contributed by atoms with Crippen molar-refractivity contribution < 1.29 is 26.0 Å². The summed E-state index contributed by atoms with van der Waals surface area (Å²) in [6.45, 7) is 0.449. The molecule has 1 aliphatic heterocycles. The van der Waals surface area contributed by atoms with Gasteiger partial charge in [-0.15, -0.1) is 0 Å². The Hall–Kier alpha value is -2.07. The fraction of sp³-hybridized carbons (Fsp3) is 0.235. The fourth-order valence-corrected chi connectivity index (χ4v) is 5.10. The summed E-state index contributed by atoms with van der Waals surface area (Å²) in [5.74, 6) is -0.271. The normalized spacial score (nSPS) is 15.1. The van der Waals surface area contributed by atoms with Crippen molar-refractivity contribution in [3.8, 4) is 0 Å². The van der Waals surface area contributed by atoms with Gasteiger partial charge < -0.3 is 0 Å². The Morgan fingerprint density at radius 1 is 1.04 bits per heavy atom. The minimum absolute atomic E-state index is 0.0476. The zero-order valence-corrected chi connectivity index (χ0v) is 15.4. The third-order valence-electron chi connectivity index (χ3n) is 3.81. The number of sulfonamides is 1. The standard InChI is InChI=1S/C17H14F4N2O2S2/c18-14-5-7-15(8-6-14)27(24,25)23-10-9-22-16(23)26-11-12-1-3-13(4-2-12)17(19,20)21/h1-8H,9-11H2. The highest BCUT2D eigenvalue weighted by Crippen LogP contribution is 2.30. The molecule has 0 bridgehead atoms. The van der Waals surface area contributed by atoms with E-state index in [9.17, 15) is 26.0 Å². The second kappa shape index (κ2) is 7.51. The summed E-state index contributed by atoms with van der Waals surface area (Å²) >= 11 is 1.12. The maximum absolute atomic E-state index is 13.0. The van der Waals surface area contributed by atoms with Crippen LogP contribution in [-0.2, 0) is 22.0 Å². The Morgan fingerprint density at radius 3 is 2.26 bits per heavy atom. The summed E-state index contributed by atoms with van der Waals surface area (Å²) in [5, 5.41) is 0.263. The predicted molar refractivity (Wildman–Crippen MR) is 95.3 cm³/mol. The van der Waals surface area contributed by atoms with E-state index >= 15 is 0 Å². The highest BCUT2D eigenvalue weighted by Gasteiger charge is 2.32. The molecule has 2 aromatic carbocycles. The average molecular weight is 418 g/mol. The molecule has 0 fully saturated rings. The molecule has 3 rings (SSSR count). The van der Waals surface area contributed by atoms with Crippen molar-refractivity contribution in [3.05, 3.63) is 65.5 Å². The summed E-state index contributed by atoms with van der Waals surface area (Å²) in [4.78, 5) is 4.12. The zero-order valence-electron chi connectivity index (χ0n) is 13.8. The lowest BCUT2D eigenvalue weighted by Crippen LogP contribution is -2.32. The van der Waals surface area contributed by atoms with Crippen LogP contribution in [-0.4, -0.2) is 31.0 Å². The molecular formula is C17H14F4N2O2S2. The molecule has 0 saturated heterocycles. The van der Waals surface area contributed by atoms with E-state index in [0.717, 1.165) is 40.3 Å². The molecule has 0 saturated carbocycles. The molecule has 0 amide bonds. The number of thioether (sulfide) groups is 1. The molecule has 10 heteroatoms. The number of halogens is 4. The van der Waals surface area contributed by atoms with Crippen LogP contribution < -0.4 is 0 Å². The molecule has 144 valence electrons. The van der Waals surface area contributed by atoms with Gasteiger partial charge in [-0.25, -0.2) is 17.1 Å². The number of nitrogens with zero attached hydrogens (tertiary/aromatic N) is 2. The van der Waals surface area contributed by atoms with Gasteiger partial charge in [0.25, 0.3) is 10.0 Å². The van der Waals surface area contributed by atoms with E-state index in [0.29, 0.717) is 5.56 Å². The lowest BCUT2D eigenvalue weighted by molar-refractivity contribution is -0.137. The number of hydrogen-bond acceptors (Lipinski definition) is 4. The summed E-state index contributed by atoms with van der Waals surface area (Å²) < 4.78 is 77.4. The number of amidine groups is 1. The van der Waals surface area contributed by atoms with Crippen molar-refractivity contribution in [1.82, 2.24) is 4.31 Å². The Morgan fingerprint density at radius 2 is 1.67 bits per heavy atom. The largest absolute Gasteiger partial charge is 0.416 e. The van der Waals surface area contributed by atoms with E-state index in [1.165, 1.54) is 24.3 Å². The van der Waals surface area contributed by atoms with Gasteiger partial charge >= 0.3 is 6.18 Å². The van der Waals surface area contributed by atoms with E-state index in [2.05, 4.69) is 4.99 Å². The fourth-order valence-electron chi connectivity index (χ4n) is 2.42. The van der Waals surface area contributed by atoms with Gasteiger partial charge in [0.05, 0.1) is 23.5 Å². The third-order valence-corrected chi connectivity index (χ3v) is 6.82. The maximum atomic E-state index is 13.0. The van der Waals surface area contributed by atoms with Gasteiger partial charge in [0, 0.05) is 5.75 Å². The van der Waals surface area contributed by atoms with Crippen molar-refractivity contribution in [2.75, 3.05) is 13.1 Å². The molecule has 0 atom stereocenters. The molecule has 0 aliphatic carbocycles. The molecular weight excluding hydrogens is 404 g/mol. The number of hydrogen-bond donors (Lipinski definition) is 0. The monoisotopic (exact) mass is 418 g/mol. The first-order valence-corrected chi connectivity index (χ1v) is 10.2. The van der Waals surface area contributed by atoms with Gasteiger partial charge in [-0.05, 0) is 42.0 Å². The minimum atomic E-state index is -4.40. The van der Waals surface area contributed by atoms with E-state index < -0.39 is 27.6 Å². The highest BCUT2D eigenvalue weighted by molar-refractivity contribution is 8.14. The van der Waals surface area contributed by atoms with Crippen molar-refractivity contribution in [2.45, 2.75) is 16.8 Å². The molecule has 0 unspecified atom stereocenters. The van der Waals surface area contributed by atoms with Gasteiger partial charge in [-0.1, -0.05) is 23.9 Å². The van der Waals surface area contributed by atoms with Gasteiger partial charge in [0.1, 0.15) is 5.82 Å². The molecule has 27 heavy (non-hydrogen) atoms. The molecule has 0 radical (unpaired) electrons. The Bertz CT molecular complexity index is 940. The van der Waals surface area contributed by atoms with Crippen LogP contribution in [0.15, 0.2) is 58.4 Å². The second-order valence-electron chi connectivity index (χ2n) is 5.68. The van der Waals surface area contributed by atoms with Gasteiger partial charge in [-0.3, -0.25) is 4.99 Å². The van der Waals surface area contributed by atoms with E-state index in [4.69, 9.17) is 0 Å². The second-order valence-corrected chi connectivity index (χ2v) is 8.48. The molecule has 2 aromatic rings. The first kappa shape index (κ1) is 19.7. The first-order chi connectivity index (χ1) is 12.7. The molecule has 1 aliphatic rings. The SMILES string of the molecule is O=S(=O)(c1ccc(F)cc1)N1CCN=C1SCc1ccc(C(F)(F)F)cc1. The topological polar surface area (TPSA) is 49.7 Å². The Balaban J connectivity index is 1.71. The van der Waals surface area contributed by atoms with Gasteiger partial charge in [-0.2, -0.15) is 13.2 Å². The number of alkyl halides is 3. The van der Waals surface area contributed by atoms with Crippen LogP contribution in [0.5, 0.6) is 0 Å². The minimum Gasteiger partial charge on any atom is -0.260 e. The number of rotatable bonds is 4. The summed E-state index contributed by atoms with van der Waals surface area (Å²) in [6, 6.07) is 9.17. The predicted octanol–water partition coefficient (Wildman–Crippen LogP) is 4.14. The van der Waals surface area contributed by atoms with Crippen LogP contribution in [0.25, 0.3) is 0 Å². The lowest BCUT2D eigenvalue weighted by atomic mass is 10.1. The van der Waals surface area contributed by atoms with Crippen LogP contribution in [0.1, 0.15) is 11.1 Å². The highest BCUT2D eigenvalue weighted by atomic mass is 32.2. The molecule has 0 N–H and O–H groups in total. The number of aliphatic imine (C=N–C) groups is 1. The third kappa shape index (κ3) is 4.44. The van der Waals surface area contributed by atoms with Gasteiger partial charge in [0.15, 0.2) is 5.17 Å². The van der Waals surface area contributed by atoms with Crippen LogP contribution in [0, 0.1) is 5.82 Å². The quantitative estimate of drug-likeness (QED) is 0.702. The summed E-state index contributed by atoms with van der Waals surface area (Å²) in [7, 11) is -3.87. The molecule has 1 heterocycles. The van der Waals surface area contributed by atoms with Crippen molar-refractivity contribution in [1.29, 1.82) is 0 Å². The number of benzene rings is 2. The van der Waals surface area contributed by atoms with E-state index in [-0.39, 0.29) is 28.9 Å². The molecule has 0 aromatic heterocycles. The maximum Gasteiger partial charge on any atom is 0.416 e. The van der Waals surface area contributed by atoms with Crippen LogP contribution in [0.2, 0.25) is 0 Å². The molecule has 4 nitrogen and oxygen atoms in total. The first-order valence-electron chi connectivity index (χ1n) is 7.79. The summed E-state index contributed by atoms with van der Waals surface area (Å²) in [5.41, 5.74) is -0.128. The zero-order chi connectivity index (χ0) is 19.7. The van der Waals surface area contributed by atoms with E-state index in [1.54, 1.807) is 0 Å². The Labute approximate surface area is 158 Å². The van der Waals surface area contributed by atoms with Crippen LogP contribution in [0.4, 0.5) is 17.6 Å².